The van der Waals surface area contributed by atoms with Gasteiger partial charge in [0.1, 0.15) is 24.2 Å². The number of fused-ring (bicyclic) bond motifs is 1. The summed E-state index contributed by atoms with van der Waals surface area (Å²) in [6.45, 7) is -0.207. The lowest BCUT2D eigenvalue weighted by atomic mass is 10.2. The van der Waals surface area contributed by atoms with Gasteiger partial charge in [-0.05, 0) is 0 Å². The van der Waals surface area contributed by atoms with Gasteiger partial charge in [-0.2, -0.15) is 0 Å². The fourth-order valence-electron chi connectivity index (χ4n) is 2.30. The SMILES string of the molecule is CNc1ncnc2c1ncn2[C@@H]1C[C@@H](O)[C@H](CO)O1. The summed E-state index contributed by atoms with van der Waals surface area (Å²) in [5.74, 6) is 0.640. The van der Waals surface area contributed by atoms with Crippen LogP contribution in [0.2, 0.25) is 0 Å². The van der Waals surface area contributed by atoms with Gasteiger partial charge < -0.3 is 20.3 Å². The number of aliphatic hydroxyl groups is 2. The summed E-state index contributed by atoms with van der Waals surface area (Å²) < 4.78 is 7.34. The molecule has 2 aromatic heterocycles. The Kier molecular flexibility index (Phi) is 3.05. The van der Waals surface area contributed by atoms with Gasteiger partial charge in [0.2, 0.25) is 0 Å². The van der Waals surface area contributed by atoms with Crippen LogP contribution < -0.4 is 5.32 Å². The molecule has 0 radical (unpaired) electrons. The van der Waals surface area contributed by atoms with Crippen molar-refractivity contribution in [1.82, 2.24) is 19.5 Å². The second-order valence-electron chi connectivity index (χ2n) is 4.41. The van der Waals surface area contributed by atoms with Crippen LogP contribution >= 0.6 is 0 Å². The van der Waals surface area contributed by atoms with Gasteiger partial charge in [0.25, 0.3) is 0 Å². The number of hydrogen-bond donors (Lipinski definition) is 3. The molecule has 1 aliphatic heterocycles. The lowest BCUT2D eigenvalue weighted by molar-refractivity contribution is -0.0432. The van der Waals surface area contributed by atoms with E-state index >= 15 is 0 Å². The quantitative estimate of drug-likeness (QED) is 0.687. The normalized spacial score (nSPS) is 27.0. The van der Waals surface area contributed by atoms with E-state index in [1.807, 2.05) is 0 Å². The van der Waals surface area contributed by atoms with Crippen LogP contribution in [0.1, 0.15) is 12.6 Å². The third-order valence-corrected chi connectivity index (χ3v) is 3.29. The Bertz CT molecular complexity index is 587. The first-order valence-corrected chi connectivity index (χ1v) is 6.04. The number of anilines is 1. The van der Waals surface area contributed by atoms with Crippen LogP contribution in [0.5, 0.6) is 0 Å². The first-order chi connectivity index (χ1) is 9.24. The van der Waals surface area contributed by atoms with Crippen molar-refractivity contribution < 1.29 is 14.9 Å². The predicted octanol–water partition coefficient (Wildman–Crippen LogP) is -0.491. The minimum absolute atomic E-state index is 0.207. The second kappa shape index (κ2) is 4.72. The summed E-state index contributed by atoms with van der Waals surface area (Å²) in [6, 6.07) is 0. The molecule has 0 aromatic carbocycles. The van der Waals surface area contributed by atoms with Crippen LogP contribution in [0, 0.1) is 0 Å². The number of ether oxygens (including phenoxy) is 1. The highest BCUT2D eigenvalue weighted by molar-refractivity contribution is 5.82. The third-order valence-electron chi connectivity index (χ3n) is 3.29. The molecule has 0 spiro atoms. The molecule has 19 heavy (non-hydrogen) atoms. The van der Waals surface area contributed by atoms with Crippen molar-refractivity contribution in [2.24, 2.45) is 0 Å². The molecular formula is C11H15N5O3. The fourth-order valence-corrected chi connectivity index (χ4v) is 2.30. The van der Waals surface area contributed by atoms with Crippen molar-refractivity contribution in [3.63, 3.8) is 0 Å². The van der Waals surface area contributed by atoms with E-state index in [4.69, 9.17) is 9.84 Å². The highest BCUT2D eigenvalue weighted by Gasteiger charge is 2.35. The Morgan fingerprint density at radius 3 is 3.00 bits per heavy atom. The van der Waals surface area contributed by atoms with E-state index in [0.717, 1.165) is 0 Å². The van der Waals surface area contributed by atoms with Gasteiger partial charge in [-0.1, -0.05) is 0 Å². The zero-order valence-electron chi connectivity index (χ0n) is 10.4. The Labute approximate surface area is 109 Å². The fraction of sp³-hybridized carbons (Fsp3) is 0.545. The molecule has 3 atom stereocenters. The van der Waals surface area contributed by atoms with Crippen molar-refractivity contribution in [2.75, 3.05) is 19.0 Å². The Morgan fingerprint density at radius 2 is 2.32 bits per heavy atom. The molecule has 8 nitrogen and oxygen atoms in total. The number of rotatable bonds is 3. The van der Waals surface area contributed by atoms with Crippen molar-refractivity contribution in [3.8, 4) is 0 Å². The summed E-state index contributed by atoms with van der Waals surface area (Å²) in [7, 11) is 1.76. The summed E-state index contributed by atoms with van der Waals surface area (Å²) in [6.07, 6.45) is 1.83. The van der Waals surface area contributed by atoms with Gasteiger partial charge in [-0.3, -0.25) is 4.57 Å². The number of imidazole rings is 1. The lowest BCUT2D eigenvalue weighted by Crippen LogP contribution is -2.24. The monoisotopic (exact) mass is 265 g/mol. The average Bonchev–Trinajstić information content (AvgIpc) is 3.01. The maximum Gasteiger partial charge on any atom is 0.167 e. The zero-order valence-corrected chi connectivity index (χ0v) is 10.4. The third kappa shape index (κ3) is 1.93. The van der Waals surface area contributed by atoms with Crippen molar-refractivity contribution in [1.29, 1.82) is 0 Å². The number of nitrogens with zero attached hydrogens (tertiary/aromatic N) is 4. The van der Waals surface area contributed by atoms with Crippen molar-refractivity contribution >= 4 is 17.0 Å². The second-order valence-corrected chi connectivity index (χ2v) is 4.41. The number of aliphatic hydroxyl groups excluding tert-OH is 2. The molecule has 0 aliphatic carbocycles. The molecule has 0 unspecified atom stereocenters. The zero-order chi connectivity index (χ0) is 13.4. The topological polar surface area (TPSA) is 105 Å². The summed E-state index contributed by atoms with van der Waals surface area (Å²) >= 11 is 0. The Hall–Kier alpha value is -1.77. The van der Waals surface area contributed by atoms with E-state index in [9.17, 15) is 5.11 Å². The Balaban J connectivity index is 1.98. The molecule has 102 valence electrons. The highest BCUT2D eigenvalue weighted by atomic mass is 16.5. The molecular weight excluding hydrogens is 250 g/mol. The molecule has 3 heterocycles. The first kappa shape index (κ1) is 12.3. The molecule has 3 N–H and O–H groups in total. The van der Waals surface area contributed by atoms with Crippen molar-refractivity contribution in [2.45, 2.75) is 24.9 Å². The summed E-state index contributed by atoms with van der Waals surface area (Å²) in [5, 5.41) is 21.8. The van der Waals surface area contributed by atoms with Gasteiger partial charge in [-0.15, -0.1) is 0 Å². The van der Waals surface area contributed by atoms with Crippen LogP contribution in [0.3, 0.4) is 0 Å². The largest absolute Gasteiger partial charge is 0.394 e. The molecule has 0 bridgehead atoms. The summed E-state index contributed by atoms with van der Waals surface area (Å²) in [4.78, 5) is 12.5. The van der Waals surface area contributed by atoms with Gasteiger partial charge >= 0.3 is 0 Å². The molecule has 1 aliphatic rings. The molecule has 2 aromatic rings. The minimum Gasteiger partial charge on any atom is -0.394 e. The first-order valence-electron chi connectivity index (χ1n) is 6.04. The maximum atomic E-state index is 9.77. The van der Waals surface area contributed by atoms with E-state index in [1.54, 1.807) is 17.9 Å². The lowest BCUT2D eigenvalue weighted by Gasteiger charge is -2.13. The van der Waals surface area contributed by atoms with Crippen LogP contribution in [-0.2, 0) is 4.74 Å². The highest BCUT2D eigenvalue weighted by Crippen LogP contribution is 2.31. The predicted molar refractivity (Wildman–Crippen MR) is 66.5 cm³/mol. The Morgan fingerprint density at radius 1 is 1.47 bits per heavy atom. The molecule has 0 amide bonds. The van der Waals surface area contributed by atoms with E-state index in [2.05, 4.69) is 20.3 Å². The molecule has 8 heteroatoms. The van der Waals surface area contributed by atoms with Crippen LogP contribution in [0.15, 0.2) is 12.7 Å². The molecule has 0 saturated carbocycles. The van der Waals surface area contributed by atoms with E-state index in [0.29, 0.717) is 23.4 Å². The van der Waals surface area contributed by atoms with Crippen LogP contribution in [-0.4, -0.2) is 55.6 Å². The molecule has 3 rings (SSSR count). The maximum absolute atomic E-state index is 9.77. The van der Waals surface area contributed by atoms with Gasteiger partial charge in [0.15, 0.2) is 11.5 Å². The van der Waals surface area contributed by atoms with Gasteiger partial charge in [-0.25, -0.2) is 15.0 Å². The van der Waals surface area contributed by atoms with Gasteiger partial charge in [0, 0.05) is 13.5 Å². The molecule has 1 saturated heterocycles. The van der Waals surface area contributed by atoms with Gasteiger partial charge in [0.05, 0.1) is 19.0 Å². The number of hydrogen-bond acceptors (Lipinski definition) is 7. The van der Waals surface area contributed by atoms with Crippen LogP contribution in [0.25, 0.3) is 11.2 Å². The van der Waals surface area contributed by atoms with Crippen LogP contribution in [0.4, 0.5) is 5.82 Å². The smallest absolute Gasteiger partial charge is 0.167 e. The number of aromatic nitrogens is 4. The number of nitrogens with one attached hydrogen (secondary N) is 1. The van der Waals surface area contributed by atoms with E-state index < -0.39 is 12.2 Å². The van der Waals surface area contributed by atoms with E-state index in [1.165, 1.54) is 6.33 Å². The standard InChI is InChI=1S/C11H15N5O3/c1-12-10-9-11(14-4-13-10)16(5-15-9)8-2-6(18)7(3-17)19-8/h4-8,17-18H,2-3H2,1H3,(H,12,13,14)/t6-,7+,8+/m1/s1. The minimum atomic E-state index is -0.682. The molecule has 1 fully saturated rings. The summed E-state index contributed by atoms with van der Waals surface area (Å²) in [5.41, 5.74) is 1.28. The van der Waals surface area contributed by atoms with Crippen molar-refractivity contribution in [3.05, 3.63) is 12.7 Å². The van der Waals surface area contributed by atoms with E-state index in [-0.39, 0.29) is 12.8 Å². The average molecular weight is 265 g/mol.